The van der Waals surface area contributed by atoms with Crippen LogP contribution in [0.2, 0.25) is 49.3 Å². The van der Waals surface area contributed by atoms with E-state index in [9.17, 15) is 0 Å². The fourth-order valence-electron chi connectivity index (χ4n) is 1.33. The molecule has 2 nitrogen and oxygen atoms in total. The zero-order valence-corrected chi connectivity index (χ0v) is 15.2. The normalized spacial score (nSPS) is 12.4. The third kappa shape index (κ3) is 5.22. The summed E-state index contributed by atoms with van der Waals surface area (Å²) in [6, 6.07) is 3.50. The maximum absolute atomic E-state index is 6.21. The smallest absolute Gasteiger partial charge is 0.242 e. The summed E-state index contributed by atoms with van der Waals surface area (Å²) in [6.07, 6.45) is 0. The first-order valence-electron chi connectivity index (χ1n) is 5.85. The van der Waals surface area contributed by atoms with Gasteiger partial charge >= 0.3 is 0 Å². The Hall–Kier alpha value is -0.166. The van der Waals surface area contributed by atoms with Crippen molar-refractivity contribution in [2.24, 2.45) is 0 Å². The van der Waals surface area contributed by atoms with Crippen molar-refractivity contribution in [3.63, 3.8) is 0 Å². The van der Waals surface area contributed by atoms with Gasteiger partial charge in [0.2, 0.25) is 16.6 Å². The lowest BCUT2D eigenvalue weighted by Gasteiger charge is -2.23. The molecule has 0 aliphatic carbocycles. The van der Waals surface area contributed by atoms with E-state index in [-0.39, 0.29) is 0 Å². The zero-order chi connectivity index (χ0) is 14.1. The minimum atomic E-state index is -1.69. The maximum atomic E-state index is 6.21. The molecule has 0 saturated heterocycles. The third-order valence-electron chi connectivity index (χ3n) is 1.82. The van der Waals surface area contributed by atoms with Crippen LogP contribution in [0.1, 0.15) is 0 Å². The zero-order valence-electron chi connectivity index (χ0n) is 11.7. The summed E-state index contributed by atoms with van der Waals surface area (Å²) in [4.78, 5) is 0. The van der Waals surface area contributed by atoms with E-state index in [4.69, 9.17) is 32.1 Å². The van der Waals surface area contributed by atoms with Crippen molar-refractivity contribution >= 4 is 39.8 Å². The Morgan fingerprint density at radius 3 is 1.22 bits per heavy atom. The molecule has 1 aromatic carbocycles. The van der Waals surface area contributed by atoms with Gasteiger partial charge in [0.25, 0.3) is 0 Å². The number of hydrogen-bond acceptors (Lipinski definition) is 2. The molecule has 18 heavy (non-hydrogen) atoms. The average molecular weight is 323 g/mol. The highest BCUT2D eigenvalue weighted by molar-refractivity contribution is 6.71. The summed E-state index contributed by atoms with van der Waals surface area (Å²) in [5.41, 5.74) is 0. The van der Waals surface area contributed by atoms with Gasteiger partial charge in [-0.05, 0) is 39.3 Å². The second-order valence-electron chi connectivity index (χ2n) is 6.14. The van der Waals surface area contributed by atoms with E-state index in [1.165, 1.54) is 0 Å². The van der Waals surface area contributed by atoms with E-state index in [1.807, 2.05) is 0 Å². The molecule has 0 amide bonds. The molecule has 0 aliphatic heterocycles. The summed E-state index contributed by atoms with van der Waals surface area (Å²) >= 11 is 12.4. The summed E-state index contributed by atoms with van der Waals surface area (Å²) in [5.74, 6) is 1.28. The summed E-state index contributed by atoms with van der Waals surface area (Å²) in [6.45, 7) is 12.6. The molecule has 1 aromatic rings. The molecule has 0 spiro atoms. The van der Waals surface area contributed by atoms with Crippen LogP contribution in [-0.2, 0) is 0 Å². The van der Waals surface area contributed by atoms with Crippen LogP contribution in [0.4, 0.5) is 0 Å². The van der Waals surface area contributed by atoms with Gasteiger partial charge in [0.05, 0.1) is 10.0 Å². The molecule has 0 aliphatic rings. The van der Waals surface area contributed by atoms with E-state index in [2.05, 4.69) is 39.3 Å². The van der Waals surface area contributed by atoms with Crippen LogP contribution in [0.5, 0.6) is 11.5 Å². The van der Waals surface area contributed by atoms with Crippen molar-refractivity contribution in [3.05, 3.63) is 22.2 Å². The van der Waals surface area contributed by atoms with Gasteiger partial charge < -0.3 is 8.85 Å². The minimum Gasteiger partial charge on any atom is -0.543 e. The van der Waals surface area contributed by atoms with Crippen LogP contribution < -0.4 is 8.85 Å². The molecule has 0 atom stereocenters. The van der Waals surface area contributed by atoms with Gasteiger partial charge in [0.1, 0.15) is 11.5 Å². The average Bonchev–Trinajstić information content (AvgIpc) is 2.08. The van der Waals surface area contributed by atoms with Crippen molar-refractivity contribution in [1.82, 2.24) is 0 Å². The molecule has 0 radical (unpaired) electrons. The molecule has 0 unspecified atom stereocenters. The Labute approximate surface area is 121 Å². The molecule has 1 rings (SSSR count). The van der Waals surface area contributed by atoms with Crippen molar-refractivity contribution in [2.75, 3.05) is 0 Å². The molecule has 0 N–H and O–H groups in total. The highest BCUT2D eigenvalue weighted by atomic mass is 35.5. The molecule has 0 aromatic heterocycles. The molecular formula is C12H20Cl2O2Si2. The largest absolute Gasteiger partial charge is 0.543 e. The fraction of sp³-hybridized carbons (Fsp3) is 0.500. The number of rotatable bonds is 4. The van der Waals surface area contributed by atoms with Gasteiger partial charge in [0.15, 0.2) is 0 Å². The molecule has 0 heterocycles. The SMILES string of the molecule is C[Si](C)(C)Oc1cc(Cl)c(O[Si](C)(C)C)cc1Cl. The van der Waals surface area contributed by atoms with Gasteiger partial charge in [-0.1, -0.05) is 23.2 Å². The van der Waals surface area contributed by atoms with Gasteiger partial charge in [-0.3, -0.25) is 0 Å². The first-order valence-corrected chi connectivity index (χ1v) is 13.4. The lowest BCUT2D eigenvalue weighted by molar-refractivity contribution is 0.542. The van der Waals surface area contributed by atoms with Crippen LogP contribution in [0.3, 0.4) is 0 Å². The number of halogens is 2. The summed E-state index contributed by atoms with van der Waals surface area (Å²) < 4.78 is 11.8. The maximum Gasteiger partial charge on any atom is 0.242 e. The fourth-order valence-corrected chi connectivity index (χ4v) is 3.50. The van der Waals surface area contributed by atoms with E-state index in [0.717, 1.165) is 0 Å². The molecule has 0 fully saturated rings. The second kappa shape index (κ2) is 5.45. The molecule has 6 heteroatoms. The summed E-state index contributed by atoms with van der Waals surface area (Å²) in [5, 5.41) is 1.10. The van der Waals surface area contributed by atoms with Crippen LogP contribution in [0, 0.1) is 0 Å². The van der Waals surface area contributed by atoms with Crippen LogP contribution >= 0.6 is 23.2 Å². The Morgan fingerprint density at radius 2 is 1.00 bits per heavy atom. The third-order valence-corrected chi connectivity index (χ3v) is 4.07. The molecular weight excluding hydrogens is 303 g/mol. The number of hydrogen-bond donors (Lipinski definition) is 0. The molecule has 0 saturated carbocycles. The summed E-state index contributed by atoms with van der Waals surface area (Å²) in [7, 11) is -3.38. The predicted octanol–water partition coefficient (Wildman–Crippen LogP) is 5.42. The quantitative estimate of drug-likeness (QED) is 0.689. The predicted molar refractivity (Wildman–Crippen MR) is 84.4 cm³/mol. The van der Waals surface area contributed by atoms with Gasteiger partial charge in [0, 0.05) is 12.1 Å². The lowest BCUT2D eigenvalue weighted by Crippen LogP contribution is -2.30. The second-order valence-corrected chi connectivity index (χ2v) is 15.8. The topological polar surface area (TPSA) is 18.5 Å². The van der Waals surface area contributed by atoms with E-state index < -0.39 is 16.6 Å². The van der Waals surface area contributed by atoms with Crippen molar-refractivity contribution in [3.8, 4) is 11.5 Å². The first kappa shape index (κ1) is 15.9. The Balaban J connectivity index is 3.05. The van der Waals surface area contributed by atoms with Gasteiger partial charge in [-0.2, -0.15) is 0 Å². The Morgan fingerprint density at radius 1 is 0.722 bits per heavy atom. The molecule has 102 valence electrons. The monoisotopic (exact) mass is 322 g/mol. The highest BCUT2D eigenvalue weighted by Crippen LogP contribution is 2.37. The van der Waals surface area contributed by atoms with E-state index in [1.54, 1.807) is 12.1 Å². The molecule has 0 bridgehead atoms. The van der Waals surface area contributed by atoms with Crippen LogP contribution in [-0.4, -0.2) is 16.6 Å². The first-order chi connectivity index (χ1) is 7.98. The van der Waals surface area contributed by atoms with Crippen molar-refractivity contribution in [2.45, 2.75) is 39.3 Å². The van der Waals surface area contributed by atoms with Crippen LogP contribution in [0.25, 0.3) is 0 Å². The van der Waals surface area contributed by atoms with Crippen molar-refractivity contribution in [1.29, 1.82) is 0 Å². The Bertz CT molecular complexity index is 395. The Kier molecular flexibility index (Phi) is 4.81. The van der Waals surface area contributed by atoms with Crippen LogP contribution in [0.15, 0.2) is 12.1 Å². The standard InChI is InChI=1S/C12H20Cl2O2Si2/c1-17(2,3)15-11-7-10(14)12(8-9(11)13)16-18(4,5)6/h7-8H,1-6H3. The lowest BCUT2D eigenvalue weighted by atomic mass is 10.3. The number of benzene rings is 1. The van der Waals surface area contributed by atoms with Gasteiger partial charge in [-0.15, -0.1) is 0 Å². The van der Waals surface area contributed by atoms with Gasteiger partial charge in [-0.25, -0.2) is 0 Å². The highest BCUT2D eigenvalue weighted by Gasteiger charge is 2.22. The van der Waals surface area contributed by atoms with Crippen molar-refractivity contribution < 1.29 is 8.85 Å². The van der Waals surface area contributed by atoms with E-state index in [0.29, 0.717) is 21.5 Å². The minimum absolute atomic E-state index is 0.551. The van der Waals surface area contributed by atoms with E-state index >= 15 is 0 Å².